The van der Waals surface area contributed by atoms with Crippen LogP contribution in [0.4, 0.5) is 17.6 Å². The second-order valence-corrected chi connectivity index (χ2v) is 3.40. The third-order valence-corrected chi connectivity index (χ3v) is 2.11. The molecule has 0 heterocycles. The summed E-state index contributed by atoms with van der Waals surface area (Å²) in [5.41, 5.74) is 5.09. The van der Waals surface area contributed by atoms with Crippen molar-refractivity contribution >= 4 is 0 Å². The summed E-state index contributed by atoms with van der Waals surface area (Å²) in [5.74, 6) is -1.32. The number of alkyl halides is 2. The summed E-state index contributed by atoms with van der Waals surface area (Å²) in [4.78, 5) is 0. The minimum absolute atomic E-state index is 0.120. The second kappa shape index (κ2) is 4.61. The van der Waals surface area contributed by atoms with Gasteiger partial charge in [0.15, 0.2) is 0 Å². The lowest BCUT2D eigenvalue weighted by Gasteiger charge is -2.11. The van der Waals surface area contributed by atoms with Crippen molar-refractivity contribution in [3.8, 4) is 0 Å². The number of hydrogen-bond acceptors (Lipinski definition) is 1. The Labute approximate surface area is 84.9 Å². The normalized spacial score (nSPS) is 13.3. The van der Waals surface area contributed by atoms with Gasteiger partial charge >= 0.3 is 0 Å². The fourth-order valence-electron chi connectivity index (χ4n) is 1.19. The predicted octanol–water partition coefficient (Wildman–Crippen LogP) is 2.41. The number of halogens is 4. The van der Waals surface area contributed by atoms with Crippen LogP contribution in [0.3, 0.4) is 0 Å². The summed E-state index contributed by atoms with van der Waals surface area (Å²) < 4.78 is 50.4. The molecule has 84 valence electrons. The molecule has 1 aromatic carbocycles. The molecule has 0 aromatic heterocycles. The predicted molar refractivity (Wildman–Crippen MR) is 48.8 cm³/mol. The molecule has 0 radical (unpaired) electrons. The van der Waals surface area contributed by atoms with Crippen LogP contribution in [0.25, 0.3) is 0 Å². The largest absolute Gasteiger partial charge is 0.323 e. The van der Waals surface area contributed by atoms with Crippen molar-refractivity contribution in [1.82, 2.24) is 0 Å². The molecule has 1 nitrogen and oxygen atoms in total. The highest BCUT2D eigenvalue weighted by molar-refractivity contribution is 5.25. The van der Waals surface area contributed by atoms with Crippen molar-refractivity contribution in [3.63, 3.8) is 0 Å². The van der Waals surface area contributed by atoms with Gasteiger partial charge in [0.25, 0.3) is 6.43 Å². The third kappa shape index (κ3) is 2.92. The second-order valence-electron chi connectivity index (χ2n) is 3.40. The number of benzene rings is 1. The lowest BCUT2D eigenvalue weighted by Crippen LogP contribution is -2.31. The molecule has 0 saturated carbocycles. The molecule has 0 spiro atoms. The Morgan fingerprint density at radius 2 is 1.80 bits per heavy atom. The quantitative estimate of drug-likeness (QED) is 0.779. The van der Waals surface area contributed by atoms with Gasteiger partial charge in [-0.3, -0.25) is 0 Å². The first-order valence-electron chi connectivity index (χ1n) is 4.40. The topological polar surface area (TPSA) is 26.0 Å². The van der Waals surface area contributed by atoms with E-state index in [-0.39, 0.29) is 17.5 Å². The van der Waals surface area contributed by atoms with E-state index in [0.29, 0.717) is 0 Å². The highest BCUT2D eigenvalue weighted by atomic mass is 19.3. The van der Waals surface area contributed by atoms with Crippen molar-refractivity contribution in [2.24, 2.45) is 5.73 Å². The van der Waals surface area contributed by atoms with Crippen molar-refractivity contribution in [3.05, 3.63) is 34.9 Å². The Morgan fingerprint density at radius 1 is 1.20 bits per heavy atom. The number of aryl methyl sites for hydroxylation is 1. The highest BCUT2D eigenvalue weighted by Gasteiger charge is 2.18. The van der Waals surface area contributed by atoms with E-state index in [9.17, 15) is 17.6 Å². The van der Waals surface area contributed by atoms with Gasteiger partial charge in [0.2, 0.25) is 0 Å². The molecular weight excluding hydrogens is 210 g/mol. The Morgan fingerprint density at radius 3 is 2.33 bits per heavy atom. The van der Waals surface area contributed by atoms with E-state index in [2.05, 4.69) is 0 Å². The zero-order valence-electron chi connectivity index (χ0n) is 8.11. The summed E-state index contributed by atoms with van der Waals surface area (Å²) in [6.07, 6.45) is -3.12. The monoisotopic (exact) mass is 221 g/mol. The summed E-state index contributed by atoms with van der Waals surface area (Å²) in [5, 5.41) is 0. The third-order valence-electron chi connectivity index (χ3n) is 2.11. The first kappa shape index (κ1) is 12.0. The van der Waals surface area contributed by atoms with E-state index in [1.54, 1.807) is 0 Å². The van der Waals surface area contributed by atoms with Crippen LogP contribution in [-0.2, 0) is 6.42 Å². The molecular formula is C10H11F4N. The smallest absolute Gasteiger partial charge is 0.253 e. The maximum atomic E-state index is 13.2. The molecule has 5 heteroatoms. The van der Waals surface area contributed by atoms with Crippen LogP contribution in [0.1, 0.15) is 11.1 Å². The molecule has 0 saturated heterocycles. The van der Waals surface area contributed by atoms with Gasteiger partial charge in [-0.15, -0.1) is 0 Å². The molecule has 2 N–H and O–H groups in total. The minimum atomic E-state index is -2.74. The van der Waals surface area contributed by atoms with E-state index < -0.39 is 24.1 Å². The average molecular weight is 221 g/mol. The molecule has 15 heavy (non-hydrogen) atoms. The molecule has 1 rings (SSSR count). The van der Waals surface area contributed by atoms with Gasteiger partial charge in [0.1, 0.15) is 11.6 Å². The summed E-state index contributed by atoms with van der Waals surface area (Å²) >= 11 is 0. The van der Waals surface area contributed by atoms with Gasteiger partial charge in [-0.05, 0) is 36.6 Å². The maximum Gasteiger partial charge on any atom is 0.253 e. The number of hydrogen-bond donors (Lipinski definition) is 1. The SMILES string of the molecule is Cc1cc(F)c(CC(N)C(F)F)cc1F. The van der Waals surface area contributed by atoms with Crippen LogP contribution in [-0.4, -0.2) is 12.5 Å². The fraction of sp³-hybridized carbons (Fsp3) is 0.400. The standard InChI is InChI=1S/C10H11F4N/c1-5-2-8(12)6(3-7(5)11)4-9(15)10(13)14/h2-3,9-10H,4,15H2,1H3. The van der Waals surface area contributed by atoms with Crippen LogP contribution in [0, 0.1) is 18.6 Å². The van der Waals surface area contributed by atoms with E-state index >= 15 is 0 Å². The molecule has 0 aliphatic carbocycles. The Kier molecular flexibility index (Phi) is 3.68. The molecule has 0 bridgehead atoms. The first-order valence-corrected chi connectivity index (χ1v) is 4.40. The molecule has 0 amide bonds. The zero-order chi connectivity index (χ0) is 11.6. The lowest BCUT2D eigenvalue weighted by atomic mass is 10.0. The van der Waals surface area contributed by atoms with Gasteiger partial charge < -0.3 is 5.73 Å². The highest BCUT2D eigenvalue weighted by Crippen LogP contribution is 2.16. The Bertz CT molecular complexity index is 352. The molecule has 0 aliphatic rings. The molecule has 1 atom stereocenters. The van der Waals surface area contributed by atoms with Gasteiger partial charge in [0, 0.05) is 0 Å². The van der Waals surface area contributed by atoms with Crippen molar-refractivity contribution in [2.75, 3.05) is 0 Å². The van der Waals surface area contributed by atoms with Gasteiger partial charge in [-0.25, -0.2) is 17.6 Å². The fourth-order valence-corrected chi connectivity index (χ4v) is 1.19. The lowest BCUT2D eigenvalue weighted by molar-refractivity contribution is 0.115. The Hall–Kier alpha value is -1.10. The van der Waals surface area contributed by atoms with E-state index in [0.717, 1.165) is 12.1 Å². The summed E-state index contributed by atoms with van der Waals surface area (Å²) in [6.45, 7) is 1.40. The average Bonchev–Trinajstić information content (AvgIpc) is 2.13. The van der Waals surface area contributed by atoms with Crippen LogP contribution < -0.4 is 5.73 Å². The van der Waals surface area contributed by atoms with Crippen LogP contribution in [0.5, 0.6) is 0 Å². The van der Waals surface area contributed by atoms with Gasteiger partial charge in [-0.1, -0.05) is 0 Å². The number of rotatable bonds is 3. The molecule has 0 aliphatic heterocycles. The van der Waals surface area contributed by atoms with E-state index in [4.69, 9.17) is 5.73 Å². The summed E-state index contributed by atoms with van der Waals surface area (Å²) in [6, 6.07) is 0.414. The van der Waals surface area contributed by atoms with E-state index in [1.165, 1.54) is 6.92 Å². The molecule has 1 aromatic rings. The van der Waals surface area contributed by atoms with Gasteiger partial charge in [0.05, 0.1) is 6.04 Å². The first-order chi connectivity index (χ1) is 6.91. The van der Waals surface area contributed by atoms with Crippen LogP contribution in [0.2, 0.25) is 0 Å². The van der Waals surface area contributed by atoms with Crippen molar-refractivity contribution in [1.29, 1.82) is 0 Å². The molecule has 0 fully saturated rings. The van der Waals surface area contributed by atoms with Crippen LogP contribution >= 0.6 is 0 Å². The zero-order valence-corrected chi connectivity index (χ0v) is 8.11. The van der Waals surface area contributed by atoms with Crippen molar-refractivity contribution < 1.29 is 17.6 Å². The molecule has 1 unspecified atom stereocenters. The van der Waals surface area contributed by atoms with Gasteiger partial charge in [-0.2, -0.15) is 0 Å². The maximum absolute atomic E-state index is 13.2. The van der Waals surface area contributed by atoms with E-state index in [1.807, 2.05) is 0 Å². The minimum Gasteiger partial charge on any atom is -0.323 e. The van der Waals surface area contributed by atoms with Crippen LogP contribution in [0.15, 0.2) is 12.1 Å². The Balaban J connectivity index is 2.91. The number of nitrogens with two attached hydrogens (primary N) is 1. The summed E-state index contributed by atoms with van der Waals surface area (Å²) in [7, 11) is 0. The van der Waals surface area contributed by atoms with Crippen molar-refractivity contribution in [2.45, 2.75) is 25.8 Å².